The van der Waals surface area contributed by atoms with Gasteiger partial charge in [0.25, 0.3) is 5.91 Å². The van der Waals surface area contributed by atoms with Gasteiger partial charge >= 0.3 is 6.03 Å². The molecule has 3 amide bonds. The Hall–Kier alpha value is -3.36. The molecule has 0 aliphatic carbocycles. The van der Waals surface area contributed by atoms with Crippen molar-refractivity contribution >= 4 is 17.5 Å². The summed E-state index contributed by atoms with van der Waals surface area (Å²) in [6.45, 7) is 2.03. The molecule has 9 nitrogen and oxygen atoms in total. The van der Waals surface area contributed by atoms with Crippen molar-refractivity contribution in [3.05, 3.63) is 54.6 Å². The predicted molar refractivity (Wildman–Crippen MR) is 112 cm³/mol. The number of hydrogen-bond donors (Lipinski definition) is 1. The lowest BCUT2D eigenvalue weighted by Gasteiger charge is -2.27. The Balaban J connectivity index is 1.53. The molecule has 1 aliphatic heterocycles. The number of urea groups is 1. The molecule has 3 aromatic heterocycles. The van der Waals surface area contributed by atoms with Crippen LogP contribution in [0.1, 0.15) is 41.6 Å². The zero-order chi connectivity index (χ0) is 21.1. The molecule has 0 bridgehead atoms. The molecule has 1 N–H and O–H groups in total. The van der Waals surface area contributed by atoms with Crippen molar-refractivity contribution in [2.24, 2.45) is 0 Å². The molecule has 1 fully saturated rings. The number of carbonyl (C=O) groups excluding carboxylic acids is 2. The highest BCUT2D eigenvalue weighted by Gasteiger charge is 2.34. The van der Waals surface area contributed by atoms with E-state index in [-0.39, 0.29) is 18.0 Å². The van der Waals surface area contributed by atoms with Gasteiger partial charge in [-0.3, -0.25) is 4.79 Å². The van der Waals surface area contributed by atoms with E-state index in [4.69, 9.17) is 4.98 Å². The number of nitrogens with one attached hydrogen (secondary N) is 1. The Labute approximate surface area is 175 Å². The number of aromatic nitrogens is 4. The smallest absolute Gasteiger partial charge is 0.320 e. The van der Waals surface area contributed by atoms with Crippen molar-refractivity contribution in [1.82, 2.24) is 34.1 Å². The van der Waals surface area contributed by atoms with Gasteiger partial charge in [-0.2, -0.15) is 0 Å². The summed E-state index contributed by atoms with van der Waals surface area (Å²) in [5.41, 5.74) is 1.15. The summed E-state index contributed by atoms with van der Waals surface area (Å²) in [6.07, 6.45) is 9.86. The molecule has 0 saturated carbocycles. The number of nitrogens with zero attached hydrogens (tertiary/aromatic N) is 6. The number of fused-ring (bicyclic) bond motifs is 1. The van der Waals surface area contributed by atoms with Crippen LogP contribution in [0.4, 0.5) is 4.79 Å². The molecule has 1 atom stereocenters. The van der Waals surface area contributed by atoms with Gasteiger partial charge in [-0.1, -0.05) is 6.07 Å². The lowest BCUT2D eigenvalue weighted by Crippen LogP contribution is -2.39. The molecule has 0 spiro atoms. The van der Waals surface area contributed by atoms with Gasteiger partial charge in [0, 0.05) is 52.3 Å². The maximum Gasteiger partial charge on any atom is 0.320 e. The van der Waals surface area contributed by atoms with Gasteiger partial charge in [-0.05, 0) is 31.4 Å². The van der Waals surface area contributed by atoms with Crippen LogP contribution in [0.25, 0.3) is 5.52 Å². The number of carbonyl (C=O) groups is 2. The molecule has 4 rings (SSSR count). The number of hydrogen-bond acceptors (Lipinski definition) is 4. The highest BCUT2D eigenvalue weighted by Crippen LogP contribution is 2.33. The highest BCUT2D eigenvalue weighted by molar-refractivity contribution is 5.99. The third kappa shape index (κ3) is 3.87. The normalized spacial score (nSPS) is 16.2. The van der Waals surface area contributed by atoms with Gasteiger partial charge in [-0.25, -0.2) is 14.8 Å². The summed E-state index contributed by atoms with van der Waals surface area (Å²) < 4.78 is 3.92. The largest absolute Gasteiger partial charge is 0.351 e. The molecule has 3 aromatic rings. The average molecular weight is 409 g/mol. The predicted octanol–water partition coefficient (Wildman–Crippen LogP) is 2.17. The monoisotopic (exact) mass is 409 g/mol. The first-order chi connectivity index (χ1) is 14.6. The van der Waals surface area contributed by atoms with Crippen LogP contribution in [0.15, 0.2) is 43.1 Å². The van der Waals surface area contributed by atoms with Crippen LogP contribution >= 0.6 is 0 Å². The second kappa shape index (κ2) is 8.56. The van der Waals surface area contributed by atoms with Crippen LogP contribution < -0.4 is 5.32 Å². The summed E-state index contributed by atoms with van der Waals surface area (Å²) in [5, 5.41) is 2.97. The van der Waals surface area contributed by atoms with Crippen molar-refractivity contribution < 1.29 is 9.59 Å². The molecule has 1 saturated heterocycles. The Morgan fingerprint density at radius 2 is 2.13 bits per heavy atom. The van der Waals surface area contributed by atoms with E-state index in [1.54, 1.807) is 31.5 Å². The summed E-state index contributed by atoms with van der Waals surface area (Å²) in [4.78, 5) is 37.6. The Kier molecular flexibility index (Phi) is 5.69. The minimum Gasteiger partial charge on any atom is -0.351 e. The van der Waals surface area contributed by atoms with Gasteiger partial charge in [0.1, 0.15) is 5.82 Å². The Bertz CT molecular complexity index is 1030. The number of likely N-dealkylation sites (tertiary alicyclic amines) is 1. The second-order valence-electron chi connectivity index (χ2n) is 7.71. The van der Waals surface area contributed by atoms with E-state index in [1.165, 1.54) is 0 Å². The lowest BCUT2D eigenvalue weighted by molar-refractivity contribution is 0.0949. The summed E-state index contributed by atoms with van der Waals surface area (Å²) in [6, 6.07) is 5.53. The zero-order valence-corrected chi connectivity index (χ0v) is 17.4. The summed E-state index contributed by atoms with van der Waals surface area (Å²) in [7, 11) is 3.51. The maximum atomic E-state index is 12.9. The quantitative estimate of drug-likeness (QED) is 0.632. The fourth-order valence-electron chi connectivity index (χ4n) is 3.95. The van der Waals surface area contributed by atoms with E-state index in [0.29, 0.717) is 18.8 Å². The first-order valence-electron chi connectivity index (χ1n) is 10.2. The van der Waals surface area contributed by atoms with E-state index in [1.807, 2.05) is 44.5 Å². The minimum atomic E-state index is -0.195. The number of pyridine rings is 1. The molecule has 30 heavy (non-hydrogen) atoms. The zero-order valence-electron chi connectivity index (χ0n) is 17.4. The second-order valence-corrected chi connectivity index (χ2v) is 7.71. The minimum absolute atomic E-state index is 0.0318. The standard InChI is InChI=1S/C21H27N7O2/c1-25(2)21(30)28-13-5-8-17(28)19-24-18(16-7-3-4-12-27(16)19)20(29)23-9-6-11-26-14-10-22-15-26/h3-4,7,10,12,14-15,17H,5-6,8-9,11,13H2,1-2H3,(H,23,29). The fraction of sp³-hybridized carbons (Fsp3) is 0.429. The Morgan fingerprint density at radius 3 is 2.90 bits per heavy atom. The number of amides is 3. The van der Waals surface area contributed by atoms with Crippen molar-refractivity contribution in [2.45, 2.75) is 31.8 Å². The first kappa shape index (κ1) is 19.9. The van der Waals surface area contributed by atoms with E-state index < -0.39 is 0 Å². The van der Waals surface area contributed by atoms with Crippen molar-refractivity contribution in [1.29, 1.82) is 0 Å². The molecule has 0 radical (unpaired) electrons. The SMILES string of the molecule is CN(C)C(=O)N1CCCC1c1nc(C(=O)NCCCn2ccnc2)c2ccccn12. The molecule has 9 heteroatoms. The molecular weight excluding hydrogens is 382 g/mol. The van der Waals surface area contributed by atoms with Gasteiger partial charge in [-0.15, -0.1) is 0 Å². The number of imidazole rings is 2. The summed E-state index contributed by atoms with van der Waals surface area (Å²) >= 11 is 0. The maximum absolute atomic E-state index is 12.9. The van der Waals surface area contributed by atoms with E-state index in [0.717, 1.165) is 37.1 Å². The van der Waals surface area contributed by atoms with Crippen LogP contribution in [0.5, 0.6) is 0 Å². The number of rotatable bonds is 6. The molecule has 0 aromatic carbocycles. The van der Waals surface area contributed by atoms with Gasteiger partial charge in [0.2, 0.25) is 0 Å². The van der Waals surface area contributed by atoms with Gasteiger partial charge in [0.05, 0.1) is 17.9 Å². The van der Waals surface area contributed by atoms with Crippen LogP contribution in [0, 0.1) is 0 Å². The van der Waals surface area contributed by atoms with Crippen LogP contribution in [0.2, 0.25) is 0 Å². The third-order valence-electron chi connectivity index (χ3n) is 5.41. The molecular formula is C21H27N7O2. The Morgan fingerprint density at radius 1 is 1.27 bits per heavy atom. The van der Waals surface area contributed by atoms with E-state index in [2.05, 4.69) is 10.3 Å². The topological polar surface area (TPSA) is 87.8 Å². The summed E-state index contributed by atoms with van der Waals surface area (Å²) in [5.74, 6) is 0.543. The van der Waals surface area contributed by atoms with E-state index >= 15 is 0 Å². The third-order valence-corrected chi connectivity index (χ3v) is 5.41. The number of aryl methyl sites for hydroxylation is 1. The van der Waals surface area contributed by atoms with Crippen molar-refractivity contribution in [3.8, 4) is 0 Å². The van der Waals surface area contributed by atoms with Crippen LogP contribution in [0.3, 0.4) is 0 Å². The van der Waals surface area contributed by atoms with Crippen LogP contribution in [-0.2, 0) is 6.54 Å². The molecule has 1 unspecified atom stereocenters. The van der Waals surface area contributed by atoms with E-state index in [9.17, 15) is 9.59 Å². The van der Waals surface area contributed by atoms with Crippen LogP contribution in [-0.4, -0.2) is 67.9 Å². The van der Waals surface area contributed by atoms with Crippen molar-refractivity contribution in [3.63, 3.8) is 0 Å². The first-order valence-corrected chi connectivity index (χ1v) is 10.2. The molecule has 158 valence electrons. The molecule has 4 heterocycles. The lowest BCUT2D eigenvalue weighted by atomic mass is 10.2. The van der Waals surface area contributed by atoms with Gasteiger partial charge < -0.3 is 24.1 Å². The van der Waals surface area contributed by atoms with Gasteiger partial charge in [0.15, 0.2) is 5.69 Å². The molecule has 1 aliphatic rings. The highest BCUT2D eigenvalue weighted by atomic mass is 16.2. The van der Waals surface area contributed by atoms with Crippen molar-refractivity contribution in [2.75, 3.05) is 27.2 Å². The average Bonchev–Trinajstić information content (AvgIpc) is 3.49. The fourth-order valence-corrected chi connectivity index (χ4v) is 3.95.